The zero-order valence-electron chi connectivity index (χ0n) is 17.0. The van der Waals surface area contributed by atoms with Crippen molar-refractivity contribution < 1.29 is 9.59 Å². The molecule has 3 heterocycles. The molecule has 1 atom stereocenters. The number of hydrogen-bond donors (Lipinski definition) is 1. The summed E-state index contributed by atoms with van der Waals surface area (Å²) in [6.07, 6.45) is 4.46. The van der Waals surface area contributed by atoms with Crippen molar-refractivity contribution in [1.82, 2.24) is 20.1 Å². The second kappa shape index (κ2) is 8.27. The van der Waals surface area contributed by atoms with Crippen LogP contribution in [0.4, 0.5) is 0 Å². The number of nitrogens with zero attached hydrogens (tertiary/aromatic N) is 3. The fourth-order valence-corrected chi connectivity index (χ4v) is 5.46. The first-order valence-corrected chi connectivity index (χ1v) is 10.9. The van der Waals surface area contributed by atoms with E-state index in [0.717, 1.165) is 56.0 Å². The summed E-state index contributed by atoms with van der Waals surface area (Å²) in [4.78, 5) is 35.1. The predicted octanol–water partition coefficient (Wildman–Crippen LogP) is 2.63. The summed E-state index contributed by atoms with van der Waals surface area (Å²) in [5.41, 5.74) is 0.998. The van der Waals surface area contributed by atoms with Gasteiger partial charge in [-0.1, -0.05) is 0 Å². The van der Waals surface area contributed by atoms with E-state index in [1.807, 2.05) is 18.7 Å². The Kier molecular flexibility index (Phi) is 6.21. The lowest BCUT2D eigenvalue weighted by atomic mass is 9.87. The first kappa shape index (κ1) is 20.3. The van der Waals surface area contributed by atoms with E-state index < -0.39 is 0 Å². The second-order valence-electron chi connectivity index (χ2n) is 8.30. The molecule has 2 amide bonds. The van der Waals surface area contributed by atoms with Crippen LogP contribution in [0.1, 0.15) is 61.5 Å². The molecule has 0 saturated carbocycles. The summed E-state index contributed by atoms with van der Waals surface area (Å²) < 4.78 is 0. The number of aromatic nitrogens is 1. The van der Waals surface area contributed by atoms with E-state index in [2.05, 4.69) is 29.0 Å². The van der Waals surface area contributed by atoms with E-state index in [0.29, 0.717) is 6.42 Å². The number of hydrogen-bond acceptors (Lipinski definition) is 5. The molecule has 3 rings (SSSR count). The molecule has 0 aliphatic carbocycles. The second-order valence-corrected chi connectivity index (χ2v) is 9.59. The topological polar surface area (TPSA) is 65.5 Å². The standard InChI is InChI=1S/C20H32N4O2S/c1-14(2)21-18(25)13-24-19(26)6-8-20(24)7-5-10-23(11-9-20)12-17-15(3)22-16(4)27-17/h14H,5-13H2,1-4H3,(H,21,25)/t20-/m0/s1. The molecule has 2 aliphatic rings. The Hall–Kier alpha value is -1.47. The van der Waals surface area contributed by atoms with Gasteiger partial charge in [0.05, 0.1) is 10.7 Å². The van der Waals surface area contributed by atoms with Crippen molar-refractivity contribution in [2.24, 2.45) is 0 Å². The van der Waals surface area contributed by atoms with Crippen molar-refractivity contribution in [3.05, 3.63) is 15.6 Å². The van der Waals surface area contributed by atoms with Gasteiger partial charge < -0.3 is 10.2 Å². The van der Waals surface area contributed by atoms with Gasteiger partial charge in [-0.15, -0.1) is 11.3 Å². The summed E-state index contributed by atoms with van der Waals surface area (Å²) in [6, 6.07) is 0.0990. The number of aryl methyl sites for hydroxylation is 2. The van der Waals surface area contributed by atoms with Crippen LogP contribution in [0.2, 0.25) is 0 Å². The fraction of sp³-hybridized carbons (Fsp3) is 0.750. The molecule has 0 bridgehead atoms. The average molecular weight is 393 g/mol. The Balaban J connectivity index is 1.66. The number of rotatable bonds is 5. The Morgan fingerprint density at radius 1 is 1.26 bits per heavy atom. The van der Waals surface area contributed by atoms with Crippen LogP contribution < -0.4 is 5.32 Å². The van der Waals surface area contributed by atoms with Crippen LogP contribution in [-0.4, -0.2) is 57.8 Å². The highest BCUT2D eigenvalue weighted by atomic mass is 32.1. The van der Waals surface area contributed by atoms with Gasteiger partial charge in [0.25, 0.3) is 0 Å². The van der Waals surface area contributed by atoms with Crippen LogP contribution in [0, 0.1) is 13.8 Å². The third kappa shape index (κ3) is 4.69. The maximum Gasteiger partial charge on any atom is 0.239 e. The Bertz CT molecular complexity index is 702. The Morgan fingerprint density at radius 3 is 2.70 bits per heavy atom. The van der Waals surface area contributed by atoms with Crippen molar-refractivity contribution in [2.75, 3.05) is 19.6 Å². The maximum absolute atomic E-state index is 12.5. The van der Waals surface area contributed by atoms with Crippen LogP contribution in [-0.2, 0) is 16.1 Å². The molecular weight excluding hydrogens is 360 g/mol. The van der Waals surface area contributed by atoms with E-state index >= 15 is 0 Å². The third-order valence-corrected chi connectivity index (χ3v) is 6.86. The minimum atomic E-state index is -0.140. The molecule has 7 heteroatoms. The van der Waals surface area contributed by atoms with Gasteiger partial charge >= 0.3 is 0 Å². The smallest absolute Gasteiger partial charge is 0.239 e. The van der Waals surface area contributed by atoms with Crippen molar-refractivity contribution in [1.29, 1.82) is 0 Å². The van der Waals surface area contributed by atoms with Crippen LogP contribution in [0.5, 0.6) is 0 Å². The van der Waals surface area contributed by atoms with Gasteiger partial charge in [0, 0.05) is 36.0 Å². The molecule has 27 heavy (non-hydrogen) atoms. The predicted molar refractivity (Wildman–Crippen MR) is 108 cm³/mol. The van der Waals surface area contributed by atoms with Gasteiger partial charge in [-0.2, -0.15) is 0 Å². The first-order valence-electron chi connectivity index (χ1n) is 10.0. The molecule has 2 saturated heterocycles. The van der Waals surface area contributed by atoms with Gasteiger partial charge in [0.15, 0.2) is 0 Å². The zero-order valence-corrected chi connectivity index (χ0v) is 17.8. The van der Waals surface area contributed by atoms with Gasteiger partial charge in [0.1, 0.15) is 6.54 Å². The van der Waals surface area contributed by atoms with Gasteiger partial charge in [-0.25, -0.2) is 4.98 Å². The lowest BCUT2D eigenvalue weighted by Crippen LogP contribution is -2.51. The van der Waals surface area contributed by atoms with Crippen molar-refractivity contribution in [2.45, 2.75) is 77.9 Å². The van der Waals surface area contributed by atoms with E-state index in [1.165, 1.54) is 4.88 Å². The van der Waals surface area contributed by atoms with Crippen LogP contribution in [0.3, 0.4) is 0 Å². The fourth-order valence-electron chi connectivity index (χ4n) is 4.48. The van der Waals surface area contributed by atoms with Crippen molar-refractivity contribution >= 4 is 23.2 Å². The normalized spacial score (nSPS) is 24.0. The molecule has 6 nitrogen and oxygen atoms in total. The van der Waals surface area contributed by atoms with Gasteiger partial charge in [0.2, 0.25) is 11.8 Å². The Morgan fingerprint density at radius 2 is 2.04 bits per heavy atom. The summed E-state index contributed by atoms with van der Waals surface area (Å²) in [5.74, 6) is 0.0905. The molecule has 0 radical (unpaired) electrons. The zero-order chi connectivity index (χ0) is 19.6. The quantitative estimate of drug-likeness (QED) is 0.837. The van der Waals surface area contributed by atoms with Crippen molar-refractivity contribution in [3.8, 4) is 0 Å². The monoisotopic (exact) mass is 392 g/mol. The highest BCUT2D eigenvalue weighted by Gasteiger charge is 2.46. The van der Waals surface area contributed by atoms with E-state index in [-0.39, 0.29) is 29.9 Å². The first-order chi connectivity index (χ1) is 12.8. The molecule has 0 unspecified atom stereocenters. The van der Waals surface area contributed by atoms with E-state index in [9.17, 15) is 9.59 Å². The summed E-state index contributed by atoms with van der Waals surface area (Å²) in [5, 5.41) is 4.05. The largest absolute Gasteiger partial charge is 0.352 e. The van der Waals surface area contributed by atoms with Crippen LogP contribution >= 0.6 is 11.3 Å². The number of amides is 2. The van der Waals surface area contributed by atoms with E-state index in [4.69, 9.17) is 0 Å². The van der Waals surface area contributed by atoms with Gasteiger partial charge in [-0.05, 0) is 59.9 Å². The summed E-state index contributed by atoms with van der Waals surface area (Å²) in [7, 11) is 0. The average Bonchev–Trinajstić information content (AvgIpc) is 2.96. The highest BCUT2D eigenvalue weighted by Crippen LogP contribution is 2.39. The summed E-state index contributed by atoms with van der Waals surface area (Å²) >= 11 is 1.78. The lowest BCUT2D eigenvalue weighted by Gasteiger charge is -2.38. The molecule has 2 aliphatic heterocycles. The number of likely N-dealkylation sites (tertiary alicyclic amines) is 2. The van der Waals surface area contributed by atoms with E-state index in [1.54, 1.807) is 11.3 Å². The van der Waals surface area contributed by atoms with Gasteiger partial charge in [-0.3, -0.25) is 14.5 Å². The van der Waals surface area contributed by atoms with Crippen LogP contribution in [0.25, 0.3) is 0 Å². The minimum Gasteiger partial charge on any atom is -0.352 e. The molecule has 2 fully saturated rings. The lowest BCUT2D eigenvalue weighted by molar-refractivity contribution is -0.137. The number of nitrogens with one attached hydrogen (secondary N) is 1. The minimum absolute atomic E-state index is 0.0449. The molecule has 0 aromatic carbocycles. The van der Waals surface area contributed by atoms with Crippen LogP contribution in [0.15, 0.2) is 0 Å². The number of carbonyl (C=O) groups excluding carboxylic acids is 2. The molecule has 1 aromatic rings. The maximum atomic E-state index is 12.5. The number of thiazole rings is 1. The molecular formula is C20H32N4O2S. The number of carbonyl (C=O) groups is 2. The molecule has 1 aromatic heterocycles. The van der Waals surface area contributed by atoms with Crippen molar-refractivity contribution in [3.63, 3.8) is 0 Å². The highest BCUT2D eigenvalue weighted by molar-refractivity contribution is 7.11. The third-order valence-electron chi connectivity index (χ3n) is 5.81. The SMILES string of the molecule is Cc1nc(C)c(CN2CCC[C@]3(CCC(=O)N3CC(=O)NC(C)C)CC2)s1. The molecule has 1 spiro atoms. The molecule has 1 N–H and O–H groups in total. The molecule has 150 valence electrons. The summed E-state index contributed by atoms with van der Waals surface area (Å²) in [6.45, 7) is 11.2. The Labute approximate surface area is 166 Å².